The van der Waals surface area contributed by atoms with Crippen molar-refractivity contribution in [2.75, 3.05) is 14.2 Å². The Morgan fingerprint density at radius 3 is 2.15 bits per heavy atom. The van der Waals surface area contributed by atoms with E-state index in [0.717, 1.165) is 17.7 Å². The van der Waals surface area contributed by atoms with Gasteiger partial charge in [0.25, 0.3) is 0 Å². The molecule has 0 amide bonds. The lowest BCUT2D eigenvalue weighted by molar-refractivity contribution is -0.193. The molecule has 0 aromatic heterocycles. The molecule has 0 heterocycles. The van der Waals surface area contributed by atoms with E-state index in [0.29, 0.717) is 5.75 Å². The zero-order valence-electron chi connectivity index (χ0n) is 11.5. The normalized spacial score (nSPS) is 15.1. The van der Waals surface area contributed by atoms with Crippen LogP contribution < -0.4 is 10.1 Å². The van der Waals surface area contributed by atoms with E-state index in [4.69, 9.17) is 4.74 Å². The van der Waals surface area contributed by atoms with Gasteiger partial charge in [-0.1, -0.05) is 18.2 Å². The summed E-state index contributed by atoms with van der Waals surface area (Å²) in [5.74, 6) is 0.678. The molecule has 0 bridgehead atoms. The summed E-state index contributed by atoms with van der Waals surface area (Å²) in [6.07, 6.45) is -4.37. The first kappa shape index (κ1) is 14.7. The molecule has 1 atom stereocenters. The second kappa shape index (κ2) is 4.98. The summed E-state index contributed by atoms with van der Waals surface area (Å²) in [6, 6.07) is 10.0. The van der Waals surface area contributed by atoms with Crippen LogP contribution in [0.5, 0.6) is 5.75 Å². The van der Waals surface area contributed by atoms with Crippen molar-refractivity contribution < 1.29 is 17.9 Å². The Labute approximate surface area is 115 Å². The molecule has 0 spiro atoms. The highest BCUT2D eigenvalue weighted by atomic mass is 19.4. The van der Waals surface area contributed by atoms with E-state index >= 15 is 0 Å². The molecule has 108 valence electrons. The van der Waals surface area contributed by atoms with Crippen LogP contribution in [0, 0.1) is 0 Å². The van der Waals surface area contributed by atoms with Crippen LogP contribution in [-0.4, -0.2) is 20.3 Å². The van der Waals surface area contributed by atoms with Crippen LogP contribution in [-0.2, 0) is 5.54 Å². The number of ether oxygens (including phenoxy) is 1. The van der Waals surface area contributed by atoms with Crippen LogP contribution in [0.2, 0.25) is 0 Å². The fourth-order valence-corrected chi connectivity index (χ4v) is 2.11. The number of benzene rings is 2. The highest BCUT2D eigenvalue weighted by molar-refractivity contribution is 5.84. The third kappa shape index (κ3) is 2.33. The SMILES string of the molecule is CNC(C)(c1ccc2cc(OC)ccc2c1)C(F)(F)F. The van der Waals surface area contributed by atoms with Crippen molar-refractivity contribution in [2.24, 2.45) is 0 Å². The van der Waals surface area contributed by atoms with Crippen molar-refractivity contribution in [1.82, 2.24) is 5.32 Å². The second-order valence-corrected chi connectivity index (χ2v) is 4.80. The third-order valence-corrected chi connectivity index (χ3v) is 3.69. The number of rotatable bonds is 3. The van der Waals surface area contributed by atoms with E-state index in [1.165, 1.54) is 13.1 Å². The molecule has 5 heteroatoms. The van der Waals surface area contributed by atoms with Crippen LogP contribution in [0.1, 0.15) is 12.5 Å². The van der Waals surface area contributed by atoms with Crippen molar-refractivity contribution in [3.05, 3.63) is 42.0 Å². The third-order valence-electron chi connectivity index (χ3n) is 3.69. The van der Waals surface area contributed by atoms with Crippen LogP contribution in [0.4, 0.5) is 13.2 Å². The quantitative estimate of drug-likeness (QED) is 0.924. The molecule has 2 aromatic carbocycles. The summed E-state index contributed by atoms with van der Waals surface area (Å²) in [7, 11) is 2.86. The molecule has 1 unspecified atom stereocenters. The number of hydrogen-bond donors (Lipinski definition) is 1. The van der Waals surface area contributed by atoms with Gasteiger partial charge >= 0.3 is 6.18 Å². The first-order valence-electron chi connectivity index (χ1n) is 6.16. The van der Waals surface area contributed by atoms with Gasteiger partial charge in [0.2, 0.25) is 0 Å². The van der Waals surface area contributed by atoms with Crippen LogP contribution in [0.15, 0.2) is 36.4 Å². The molecule has 2 rings (SSSR count). The number of nitrogens with one attached hydrogen (secondary N) is 1. The molecular weight excluding hydrogens is 267 g/mol. The lowest BCUT2D eigenvalue weighted by Crippen LogP contribution is -2.49. The summed E-state index contributed by atoms with van der Waals surface area (Å²) in [4.78, 5) is 0. The van der Waals surface area contributed by atoms with E-state index in [1.54, 1.807) is 37.4 Å². The molecule has 0 saturated heterocycles. The fraction of sp³-hybridized carbons (Fsp3) is 0.333. The number of hydrogen-bond acceptors (Lipinski definition) is 2. The van der Waals surface area contributed by atoms with Crippen molar-refractivity contribution >= 4 is 10.8 Å². The predicted molar refractivity (Wildman–Crippen MR) is 73.0 cm³/mol. The van der Waals surface area contributed by atoms with Gasteiger partial charge in [-0.05, 0) is 48.5 Å². The van der Waals surface area contributed by atoms with Crippen LogP contribution in [0.3, 0.4) is 0 Å². The van der Waals surface area contributed by atoms with Gasteiger partial charge in [0, 0.05) is 0 Å². The van der Waals surface area contributed by atoms with E-state index in [-0.39, 0.29) is 5.56 Å². The molecule has 0 saturated carbocycles. The molecule has 20 heavy (non-hydrogen) atoms. The Balaban J connectivity index is 2.56. The van der Waals surface area contributed by atoms with E-state index in [9.17, 15) is 13.2 Å². The molecule has 0 aliphatic heterocycles. The molecule has 0 aliphatic carbocycles. The van der Waals surface area contributed by atoms with Crippen molar-refractivity contribution in [2.45, 2.75) is 18.6 Å². The maximum atomic E-state index is 13.2. The van der Waals surface area contributed by atoms with Crippen molar-refractivity contribution in [1.29, 1.82) is 0 Å². The average molecular weight is 283 g/mol. The summed E-state index contributed by atoms with van der Waals surface area (Å²) in [6.45, 7) is 1.14. The largest absolute Gasteiger partial charge is 0.497 e. The molecule has 2 nitrogen and oxygen atoms in total. The van der Waals surface area contributed by atoms with Gasteiger partial charge in [-0.15, -0.1) is 0 Å². The maximum Gasteiger partial charge on any atom is 0.410 e. The highest BCUT2D eigenvalue weighted by Gasteiger charge is 2.51. The monoisotopic (exact) mass is 283 g/mol. The topological polar surface area (TPSA) is 21.3 Å². The minimum Gasteiger partial charge on any atom is -0.497 e. The van der Waals surface area contributed by atoms with E-state index in [1.807, 2.05) is 0 Å². The molecule has 2 aromatic rings. The summed E-state index contributed by atoms with van der Waals surface area (Å²) in [5.41, 5.74) is -1.88. The number of fused-ring (bicyclic) bond motifs is 1. The van der Waals surface area contributed by atoms with Gasteiger partial charge in [-0.2, -0.15) is 13.2 Å². The van der Waals surface area contributed by atoms with Crippen LogP contribution in [0.25, 0.3) is 10.8 Å². The maximum absolute atomic E-state index is 13.2. The molecule has 0 fully saturated rings. The standard InChI is InChI=1S/C15H16F3NO/c1-14(19-2,15(16,17)18)12-6-4-11-9-13(20-3)7-5-10(11)8-12/h4-9,19H,1-3H3. The minimum atomic E-state index is -4.37. The first-order valence-corrected chi connectivity index (χ1v) is 6.16. The molecular formula is C15H16F3NO. The summed E-state index contributed by atoms with van der Waals surface area (Å²) < 4.78 is 44.8. The lowest BCUT2D eigenvalue weighted by atomic mass is 9.89. The zero-order valence-corrected chi connectivity index (χ0v) is 11.5. The minimum absolute atomic E-state index is 0.185. The van der Waals surface area contributed by atoms with Gasteiger partial charge in [-0.3, -0.25) is 0 Å². The molecule has 0 radical (unpaired) electrons. The number of methoxy groups -OCH3 is 1. The predicted octanol–water partition coefficient (Wildman–Crippen LogP) is 3.85. The Morgan fingerprint density at radius 2 is 1.60 bits per heavy atom. The van der Waals surface area contributed by atoms with Gasteiger partial charge in [0.05, 0.1) is 7.11 Å². The van der Waals surface area contributed by atoms with Gasteiger partial charge in [-0.25, -0.2) is 0 Å². The Bertz CT molecular complexity index is 624. The van der Waals surface area contributed by atoms with Gasteiger partial charge in [0.1, 0.15) is 11.3 Å². The van der Waals surface area contributed by atoms with Gasteiger partial charge < -0.3 is 10.1 Å². The molecule has 0 aliphatic rings. The lowest BCUT2D eigenvalue weighted by Gasteiger charge is -2.32. The van der Waals surface area contributed by atoms with Crippen molar-refractivity contribution in [3.8, 4) is 5.75 Å². The Kier molecular flexibility index (Phi) is 3.65. The first-order chi connectivity index (χ1) is 9.31. The molecule has 1 N–H and O–H groups in total. The summed E-state index contributed by atoms with van der Waals surface area (Å²) in [5, 5.41) is 3.96. The highest BCUT2D eigenvalue weighted by Crippen LogP contribution is 2.39. The zero-order chi connectivity index (χ0) is 15.0. The average Bonchev–Trinajstić information content (AvgIpc) is 2.43. The Morgan fingerprint density at radius 1 is 1.00 bits per heavy atom. The van der Waals surface area contributed by atoms with Gasteiger partial charge in [0.15, 0.2) is 0 Å². The number of alkyl halides is 3. The number of halogens is 3. The van der Waals surface area contributed by atoms with E-state index < -0.39 is 11.7 Å². The summed E-state index contributed by atoms with van der Waals surface area (Å²) >= 11 is 0. The van der Waals surface area contributed by atoms with Crippen LogP contribution >= 0.6 is 0 Å². The van der Waals surface area contributed by atoms with E-state index in [2.05, 4.69) is 5.32 Å². The van der Waals surface area contributed by atoms with Crippen molar-refractivity contribution in [3.63, 3.8) is 0 Å². The fourth-order valence-electron chi connectivity index (χ4n) is 2.11. The Hall–Kier alpha value is -1.75. The second-order valence-electron chi connectivity index (χ2n) is 4.80. The smallest absolute Gasteiger partial charge is 0.410 e.